The third kappa shape index (κ3) is 6.66. The summed E-state index contributed by atoms with van der Waals surface area (Å²) in [6, 6.07) is 19.9. The minimum absolute atomic E-state index is 0.0779. The van der Waals surface area contributed by atoms with Crippen LogP contribution in [0, 0.1) is 13.8 Å². The van der Waals surface area contributed by atoms with E-state index in [0.717, 1.165) is 27.8 Å². The van der Waals surface area contributed by atoms with E-state index in [9.17, 15) is 13.2 Å². The standard InChI is InChI=1S/C24H25ClN2O3S/c1-17-8-9-20(12-18(17)2)16-31(29,30)27-14-19-10-11-22(23(25)13-19)15-26-24(28)21-6-4-3-5-7-21/h3-13,27H,14-16H2,1-2H3,(H,26,28). The number of rotatable bonds is 8. The summed E-state index contributed by atoms with van der Waals surface area (Å²) in [6.45, 7) is 4.38. The monoisotopic (exact) mass is 456 g/mol. The molecule has 0 aromatic heterocycles. The molecule has 0 atom stereocenters. The smallest absolute Gasteiger partial charge is 0.251 e. The minimum atomic E-state index is -3.49. The van der Waals surface area contributed by atoms with E-state index in [1.807, 2.05) is 38.1 Å². The maximum absolute atomic E-state index is 12.4. The van der Waals surface area contributed by atoms with Crippen LogP contribution < -0.4 is 10.0 Å². The van der Waals surface area contributed by atoms with E-state index in [1.54, 1.807) is 42.5 Å². The van der Waals surface area contributed by atoms with Gasteiger partial charge in [-0.25, -0.2) is 13.1 Å². The second-order valence-electron chi connectivity index (χ2n) is 7.47. The van der Waals surface area contributed by atoms with Crippen molar-refractivity contribution in [2.24, 2.45) is 0 Å². The number of benzene rings is 3. The molecule has 0 aliphatic heterocycles. The van der Waals surface area contributed by atoms with Crippen molar-refractivity contribution in [3.63, 3.8) is 0 Å². The molecule has 31 heavy (non-hydrogen) atoms. The molecule has 3 aromatic rings. The molecule has 3 aromatic carbocycles. The van der Waals surface area contributed by atoms with E-state index in [2.05, 4.69) is 10.0 Å². The molecule has 162 valence electrons. The molecule has 0 unspecified atom stereocenters. The number of nitrogens with one attached hydrogen (secondary N) is 2. The van der Waals surface area contributed by atoms with Gasteiger partial charge < -0.3 is 5.32 Å². The molecule has 7 heteroatoms. The topological polar surface area (TPSA) is 75.3 Å². The summed E-state index contributed by atoms with van der Waals surface area (Å²) in [5.41, 5.74) is 5.02. The molecule has 0 saturated heterocycles. The van der Waals surface area contributed by atoms with Crippen LogP contribution in [0.3, 0.4) is 0 Å². The summed E-state index contributed by atoms with van der Waals surface area (Å²) in [5.74, 6) is -0.259. The molecule has 0 aliphatic rings. The lowest BCUT2D eigenvalue weighted by Crippen LogP contribution is -2.25. The molecule has 5 nitrogen and oxygen atoms in total. The Hall–Kier alpha value is -2.67. The highest BCUT2D eigenvalue weighted by atomic mass is 35.5. The summed E-state index contributed by atoms with van der Waals surface area (Å²) in [6.07, 6.45) is 0. The van der Waals surface area contributed by atoms with Crippen LogP contribution in [-0.2, 0) is 28.9 Å². The van der Waals surface area contributed by atoms with Gasteiger partial charge in [-0.2, -0.15) is 0 Å². The molecule has 0 radical (unpaired) electrons. The third-order valence-corrected chi connectivity index (χ3v) is 6.67. The van der Waals surface area contributed by atoms with Crippen molar-refractivity contribution in [2.75, 3.05) is 0 Å². The molecule has 0 aliphatic carbocycles. The number of carbonyl (C=O) groups excluding carboxylic acids is 1. The van der Waals surface area contributed by atoms with Crippen molar-refractivity contribution < 1.29 is 13.2 Å². The Bertz CT molecular complexity index is 1180. The second-order valence-corrected chi connectivity index (χ2v) is 9.69. The van der Waals surface area contributed by atoms with Crippen molar-refractivity contribution >= 4 is 27.5 Å². The zero-order chi connectivity index (χ0) is 22.4. The van der Waals surface area contributed by atoms with Gasteiger partial charge in [0.2, 0.25) is 10.0 Å². The molecule has 0 fully saturated rings. The Morgan fingerprint density at radius 1 is 0.871 bits per heavy atom. The molecule has 0 heterocycles. The Kier molecular flexibility index (Phi) is 7.49. The van der Waals surface area contributed by atoms with E-state index >= 15 is 0 Å². The summed E-state index contributed by atoms with van der Waals surface area (Å²) < 4.78 is 27.5. The number of hydrogen-bond donors (Lipinski definition) is 2. The number of hydrogen-bond acceptors (Lipinski definition) is 3. The van der Waals surface area contributed by atoms with Gasteiger partial charge in [-0.1, -0.05) is 60.1 Å². The van der Waals surface area contributed by atoms with Crippen LogP contribution in [0.25, 0.3) is 0 Å². The highest BCUT2D eigenvalue weighted by Gasteiger charge is 2.13. The first-order valence-electron chi connectivity index (χ1n) is 9.87. The lowest BCUT2D eigenvalue weighted by molar-refractivity contribution is 0.0951. The molecular formula is C24H25ClN2O3S. The van der Waals surface area contributed by atoms with Gasteiger partial charge in [0.15, 0.2) is 0 Å². The van der Waals surface area contributed by atoms with Crippen molar-refractivity contribution in [2.45, 2.75) is 32.7 Å². The lowest BCUT2D eigenvalue weighted by Gasteiger charge is -2.11. The fourth-order valence-corrected chi connectivity index (χ4v) is 4.45. The van der Waals surface area contributed by atoms with E-state index in [-0.39, 0.29) is 24.7 Å². The fraction of sp³-hybridized carbons (Fsp3) is 0.208. The number of amides is 1. The highest BCUT2D eigenvalue weighted by Crippen LogP contribution is 2.19. The quantitative estimate of drug-likeness (QED) is 0.523. The Balaban J connectivity index is 1.57. The minimum Gasteiger partial charge on any atom is -0.348 e. The predicted octanol–water partition coefficient (Wildman–Crippen LogP) is 4.51. The zero-order valence-corrected chi connectivity index (χ0v) is 19.1. The van der Waals surface area contributed by atoms with Crippen LogP contribution in [0.2, 0.25) is 5.02 Å². The molecule has 2 N–H and O–H groups in total. The number of aryl methyl sites for hydroxylation is 2. The molecule has 3 rings (SSSR count). The van der Waals surface area contributed by atoms with Crippen LogP contribution in [0.1, 0.15) is 38.2 Å². The van der Waals surface area contributed by atoms with Gasteiger partial charge in [0.25, 0.3) is 5.91 Å². The third-order valence-electron chi connectivity index (χ3n) is 5.02. The van der Waals surface area contributed by atoms with Gasteiger partial charge in [0, 0.05) is 23.7 Å². The predicted molar refractivity (Wildman–Crippen MR) is 124 cm³/mol. The number of carbonyl (C=O) groups is 1. The van der Waals surface area contributed by atoms with E-state index < -0.39 is 10.0 Å². The maximum Gasteiger partial charge on any atom is 0.251 e. The second kappa shape index (κ2) is 10.1. The fourth-order valence-electron chi connectivity index (χ4n) is 3.07. The van der Waals surface area contributed by atoms with Gasteiger partial charge in [-0.05, 0) is 59.9 Å². The summed E-state index contributed by atoms with van der Waals surface area (Å²) in [4.78, 5) is 12.2. The summed E-state index contributed by atoms with van der Waals surface area (Å²) in [7, 11) is -3.49. The van der Waals surface area contributed by atoms with Gasteiger partial charge in [-0.15, -0.1) is 0 Å². The molecular weight excluding hydrogens is 432 g/mol. The average molecular weight is 457 g/mol. The normalized spacial score (nSPS) is 11.3. The Morgan fingerprint density at radius 2 is 1.58 bits per heavy atom. The van der Waals surface area contributed by atoms with Crippen LogP contribution in [0.5, 0.6) is 0 Å². The summed E-state index contributed by atoms with van der Waals surface area (Å²) >= 11 is 6.34. The first-order valence-corrected chi connectivity index (χ1v) is 11.9. The van der Waals surface area contributed by atoms with Crippen LogP contribution in [0.15, 0.2) is 66.7 Å². The van der Waals surface area contributed by atoms with E-state index in [1.165, 1.54) is 0 Å². The van der Waals surface area contributed by atoms with Crippen molar-refractivity contribution in [3.8, 4) is 0 Å². The Labute approximate surface area is 188 Å². The zero-order valence-electron chi connectivity index (χ0n) is 17.5. The maximum atomic E-state index is 12.4. The summed E-state index contributed by atoms with van der Waals surface area (Å²) in [5, 5.41) is 3.30. The lowest BCUT2D eigenvalue weighted by atomic mass is 10.1. The molecule has 0 saturated carbocycles. The largest absolute Gasteiger partial charge is 0.348 e. The van der Waals surface area contributed by atoms with Crippen molar-refractivity contribution in [1.29, 1.82) is 0 Å². The molecule has 1 amide bonds. The first kappa shape index (κ1) is 23.0. The number of halogens is 1. The van der Waals surface area contributed by atoms with Gasteiger partial charge in [-0.3, -0.25) is 4.79 Å². The SMILES string of the molecule is Cc1ccc(CS(=O)(=O)NCc2ccc(CNC(=O)c3ccccc3)c(Cl)c2)cc1C. The van der Waals surface area contributed by atoms with Crippen molar-refractivity contribution in [1.82, 2.24) is 10.0 Å². The van der Waals surface area contributed by atoms with Crippen LogP contribution in [-0.4, -0.2) is 14.3 Å². The average Bonchev–Trinajstić information content (AvgIpc) is 2.74. The van der Waals surface area contributed by atoms with Gasteiger partial charge in [0.1, 0.15) is 0 Å². The van der Waals surface area contributed by atoms with Crippen LogP contribution >= 0.6 is 11.6 Å². The first-order chi connectivity index (χ1) is 14.7. The van der Waals surface area contributed by atoms with Crippen molar-refractivity contribution in [3.05, 3.63) is 105 Å². The van der Waals surface area contributed by atoms with Gasteiger partial charge >= 0.3 is 0 Å². The van der Waals surface area contributed by atoms with Gasteiger partial charge in [0.05, 0.1) is 5.75 Å². The number of sulfonamides is 1. The molecule has 0 spiro atoms. The van der Waals surface area contributed by atoms with E-state index in [0.29, 0.717) is 10.6 Å². The Morgan fingerprint density at radius 3 is 2.26 bits per heavy atom. The highest BCUT2D eigenvalue weighted by molar-refractivity contribution is 7.88. The molecule has 0 bridgehead atoms. The van der Waals surface area contributed by atoms with E-state index in [4.69, 9.17) is 11.6 Å². The van der Waals surface area contributed by atoms with Crippen LogP contribution in [0.4, 0.5) is 0 Å².